The fourth-order valence-electron chi connectivity index (χ4n) is 3.26. The molecule has 21 heavy (non-hydrogen) atoms. The van der Waals surface area contributed by atoms with Gasteiger partial charge in [0.25, 0.3) is 0 Å². The lowest BCUT2D eigenvalue weighted by Gasteiger charge is -2.34. The Morgan fingerprint density at radius 1 is 1.24 bits per heavy atom. The third-order valence-corrected chi connectivity index (χ3v) is 5.00. The van der Waals surface area contributed by atoms with Crippen LogP contribution in [0, 0.1) is 5.92 Å². The van der Waals surface area contributed by atoms with Gasteiger partial charge < -0.3 is 10.6 Å². The molecule has 0 amide bonds. The van der Waals surface area contributed by atoms with Crippen LogP contribution in [0.1, 0.15) is 64.5 Å². The summed E-state index contributed by atoms with van der Waals surface area (Å²) in [5.74, 6) is 0.736. The van der Waals surface area contributed by atoms with Gasteiger partial charge >= 0.3 is 0 Å². The van der Waals surface area contributed by atoms with Gasteiger partial charge in [0, 0.05) is 28.8 Å². The SMILES string of the molecule is CC(C)CCN(c1cc(Br)ccc1C(C)N)C1CCCC1. The van der Waals surface area contributed by atoms with Crippen molar-refractivity contribution in [3.63, 3.8) is 0 Å². The summed E-state index contributed by atoms with van der Waals surface area (Å²) in [6.45, 7) is 7.83. The number of halogens is 1. The molecule has 1 fully saturated rings. The van der Waals surface area contributed by atoms with Gasteiger partial charge in [-0.2, -0.15) is 0 Å². The van der Waals surface area contributed by atoms with Gasteiger partial charge in [0.2, 0.25) is 0 Å². The van der Waals surface area contributed by atoms with E-state index in [1.165, 1.54) is 43.4 Å². The molecular weight excluding hydrogens is 324 g/mol. The number of rotatable bonds is 6. The molecule has 0 aromatic heterocycles. The minimum Gasteiger partial charge on any atom is -0.368 e. The maximum absolute atomic E-state index is 6.22. The van der Waals surface area contributed by atoms with Gasteiger partial charge in [0.1, 0.15) is 0 Å². The van der Waals surface area contributed by atoms with Crippen molar-refractivity contribution in [1.82, 2.24) is 0 Å². The van der Waals surface area contributed by atoms with Crippen molar-refractivity contribution in [3.05, 3.63) is 28.2 Å². The monoisotopic (exact) mass is 352 g/mol. The standard InChI is InChI=1S/C18H29BrN2/c1-13(2)10-11-21(16-6-4-5-7-16)18-12-15(19)8-9-17(18)14(3)20/h8-9,12-14,16H,4-7,10-11,20H2,1-3H3. The zero-order chi connectivity index (χ0) is 15.4. The quantitative estimate of drug-likeness (QED) is 0.755. The molecule has 0 radical (unpaired) electrons. The molecule has 1 aromatic rings. The molecule has 1 unspecified atom stereocenters. The summed E-state index contributed by atoms with van der Waals surface area (Å²) >= 11 is 3.63. The molecule has 0 saturated heterocycles. The molecule has 0 spiro atoms. The van der Waals surface area contributed by atoms with E-state index in [0.717, 1.165) is 16.9 Å². The van der Waals surface area contributed by atoms with Gasteiger partial charge in [-0.25, -0.2) is 0 Å². The molecule has 0 aliphatic heterocycles. The third kappa shape index (κ3) is 4.46. The predicted molar refractivity (Wildman–Crippen MR) is 95.8 cm³/mol. The summed E-state index contributed by atoms with van der Waals surface area (Å²) < 4.78 is 1.15. The Bertz CT molecular complexity index is 451. The first kappa shape index (κ1) is 16.8. The van der Waals surface area contributed by atoms with Crippen LogP contribution in [0.5, 0.6) is 0 Å². The number of nitrogens with two attached hydrogens (primary N) is 1. The zero-order valence-corrected chi connectivity index (χ0v) is 15.2. The number of hydrogen-bond acceptors (Lipinski definition) is 2. The van der Waals surface area contributed by atoms with Crippen LogP contribution >= 0.6 is 15.9 Å². The highest BCUT2D eigenvalue weighted by atomic mass is 79.9. The summed E-state index contributed by atoms with van der Waals surface area (Å²) in [6, 6.07) is 7.32. The maximum atomic E-state index is 6.22. The van der Waals surface area contributed by atoms with Crippen molar-refractivity contribution in [1.29, 1.82) is 0 Å². The van der Waals surface area contributed by atoms with Crippen LogP contribution in [0.3, 0.4) is 0 Å². The molecule has 3 heteroatoms. The molecule has 1 aliphatic carbocycles. The van der Waals surface area contributed by atoms with Crippen molar-refractivity contribution in [2.24, 2.45) is 11.7 Å². The Morgan fingerprint density at radius 2 is 1.90 bits per heavy atom. The van der Waals surface area contributed by atoms with Crippen molar-refractivity contribution in [3.8, 4) is 0 Å². The predicted octanol–water partition coefficient (Wildman–Crippen LogP) is 5.26. The molecule has 1 aliphatic rings. The van der Waals surface area contributed by atoms with Gasteiger partial charge in [-0.05, 0) is 49.8 Å². The van der Waals surface area contributed by atoms with Crippen LogP contribution in [0.2, 0.25) is 0 Å². The second kappa shape index (κ2) is 7.64. The van der Waals surface area contributed by atoms with Crippen LogP contribution in [-0.2, 0) is 0 Å². The Hall–Kier alpha value is -0.540. The summed E-state index contributed by atoms with van der Waals surface area (Å²) in [4.78, 5) is 2.64. The largest absolute Gasteiger partial charge is 0.368 e. The van der Waals surface area contributed by atoms with Crippen molar-refractivity contribution in [2.75, 3.05) is 11.4 Å². The van der Waals surface area contributed by atoms with E-state index in [1.54, 1.807) is 0 Å². The Morgan fingerprint density at radius 3 is 2.48 bits per heavy atom. The third-order valence-electron chi connectivity index (χ3n) is 4.51. The van der Waals surface area contributed by atoms with Gasteiger partial charge in [0.15, 0.2) is 0 Å². The lowest BCUT2D eigenvalue weighted by Crippen LogP contribution is -2.36. The topological polar surface area (TPSA) is 29.3 Å². The zero-order valence-electron chi connectivity index (χ0n) is 13.6. The lowest BCUT2D eigenvalue weighted by molar-refractivity contribution is 0.526. The van der Waals surface area contributed by atoms with Crippen molar-refractivity contribution < 1.29 is 0 Å². The molecule has 118 valence electrons. The Kier molecular flexibility index (Phi) is 6.12. The number of hydrogen-bond donors (Lipinski definition) is 1. The van der Waals surface area contributed by atoms with E-state index in [2.05, 4.69) is 59.8 Å². The number of anilines is 1. The van der Waals surface area contributed by atoms with Crippen molar-refractivity contribution >= 4 is 21.6 Å². The first-order valence-electron chi connectivity index (χ1n) is 8.30. The number of nitrogens with zero attached hydrogens (tertiary/aromatic N) is 1. The van der Waals surface area contributed by atoms with Gasteiger partial charge in [-0.1, -0.05) is 48.7 Å². The minimum absolute atomic E-state index is 0.0797. The number of benzene rings is 1. The fraction of sp³-hybridized carbons (Fsp3) is 0.667. The van der Waals surface area contributed by atoms with E-state index < -0.39 is 0 Å². The van der Waals surface area contributed by atoms with E-state index in [1.807, 2.05) is 0 Å². The molecule has 1 saturated carbocycles. The average molecular weight is 353 g/mol. The van der Waals surface area contributed by atoms with Crippen LogP contribution in [0.4, 0.5) is 5.69 Å². The molecule has 2 nitrogen and oxygen atoms in total. The highest BCUT2D eigenvalue weighted by molar-refractivity contribution is 9.10. The minimum atomic E-state index is 0.0797. The van der Waals surface area contributed by atoms with E-state index >= 15 is 0 Å². The van der Waals surface area contributed by atoms with E-state index in [-0.39, 0.29) is 6.04 Å². The summed E-state index contributed by atoms with van der Waals surface area (Å²) in [5, 5.41) is 0. The molecule has 0 heterocycles. The van der Waals surface area contributed by atoms with Crippen LogP contribution in [0.15, 0.2) is 22.7 Å². The Balaban J connectivity index is 2.32. The van der Waals surface area contributed by atoms with Crippen LogP contribution in [-0.4, -0.2) is 12.6 Å². The molecular formula is C18H29BrN2. The lowest BCUT2D eigenvalue weighted by atomic mass is 10.0. The second-order valence-corrected chi connectivity index (χ2v) is 7.72. The molecule has 2 N–H and O–H groups in total. The Labute approximate surface area is 138 Å². The van der Waals surface area contributed by atoms with Gasteiger partial charge in [-0.15, -0.1) is 0 Å². The second-order valence-electron chi connectivity index (χ2n) is 6.81. The van der Waals surface area contributed by atoms with E-state index in [9.17, 15) is 0 Å². The van der Waals surface area contributed by atoms with E-state index in [0.29, 0.717) is 6.04 Å². The normalized spacial score (nSPS) is 17.4. The molecule has 2 rings (SSSR count). The fourth-order valence-corrected chi connectivity index (χ4v) is 3.61. The smallest absolute Gasteiger partial charge is 0.0428 e. The van der Waals surface area contributed by atoms with Crippen molar-refractivity contribution in [2.45, 2.75) is 65.0 Å². The molecule has 1 aromatic carbocycles. The first-order valence-corrected chi connectivity index (χ1v) is 9.10. The van der Waals surface area contributed by atoms with Crippen LogP contribution < -0.4 is 10.6 Å². The summed E-state index contributed by atoms with van der Waals surface area (Å²) in [7, 11) is 0. The highest BCUT2D eigenvalue weighted by Crippen LogP contribution is 2.34. The summed E-state index contributed by atoms with van der Waals surface area (Å²) in [6.07, 6.45) is 6.61. The van der Waals surface area contributed by atoms with Crippen LogP contribution in [0.25, 0.3) is 0 Å². The summed E-state index contributed by atoms with van der Waals surface area (Å²) in [5.41, 5.74) is 8.83. The maximum Gasteiger partial charge on any atom is 0.0428 e. The first-order chi connectivity index (χ1) is 9.99. The molecule has 1 atom stereocenters. The van der Waals surface area contributed by atoms with Gasteiger partial charge in [-0.3, -0.25) is 0 Å². The van der Waals surface area contributed by atoms with E-state index in [4.69, 9.17) is 5.73 Å². The van der Waals surface area contributed by atoms with Gasteiger partial charge in [0.05, 0.1) is 0 Å². The molecule has 0 bridgehead atoms. The highest BCUT2D eigenvalue weighted by Gasteiger charge is 2.25. The average Bonchev–Trinajstić information content (AvgIpc) is 2.92.